The van der Waals surface area contributed by atoms with E-state index in [0.29, 0.717) is 6.61 Å². The second-order valence-electron chi connectivity index (χ2n) is 3.95. The molecule has 1 unspecified atom stereocenters. The first-order valence-electron chi connectivity index (χ1n) is 5.82. The Morgan fingerprint density at radius 1 is 1.55 bits per heavy atom. The van der Waals surface area contributed by atoms with Crippen molar-refractivity contribution in [3.05, 3.63) is 32.8 Å². The summed E-state index contributed by atoms with van der Waals surface area (Å²) >= 11 is 5.87. The average molecular weight is 304 g/mol. The van der Waals surface area contributed by atoms with Crippen LogP contribution in [-0.2, 0) is 4.74 Å². The van der Waals surface area contributed by atoms with Crippen molar-refractivity contribution in [3.8, 4) is 5.75 Å². The van der Waals surface area contributed by atoms with Crippen LogP contribution in [0, 0.1) is 10.1 Å². The van der Waals surface area contributed by atoms with Crippen LogP contribution in [0.4, 0.5) is 5.69 Å². The van der Waals surface area contributed by atoms with E-state index in [4.69, 9.17) is 26.2 Å². The third-order valence-electron chi connectivity index (χ3n) is 2.35. The number of nitro benzene ring substituents is 1. The standard InChI is InChI=1S/C12H14ClNO6/c1-3-19-6-7(2)20-11-9(12(15)16)4-8(14(17)18)5-10(11)13/h4-5,7H,3,6H2,1-2H3,(H,15,16). The number of non-ortho nitro benzene ring substituents is 1. The molecule has 0 saturated carbocycles. The molecular weight excluding hydrogens is 290 g/mol. The van der Waals surface area contributed by atoms with Gasteiger partial charge in [-0.2, -0.15) is 0 Å². The summed E-state index contributed by atoms with van der Waals surface area (Å²) in [7, 11) is 0. The molecule has 0 amide bonds. The number of hydrogen-bond acceptors (Lipinski definition) is 5. The van der Waals surface area contributed by atoms with Crippen molar-refractivity contribution in [3.63, 3.8) is 0 Å². The highest BCUT2D eigenvalue weighted by Gasteiger charge is 2.22. The molecule has 0 spiro atoms. The molecule has 20 heavy (non-hydrogen) atoms. The predicted octanol–water partition coefficient (Wildman–Crippen LogP) is 2.75. The van der Waals surface area contributed by atoms with Crippen molar-refractivity contribution in [1.82, 2.24) is 0 Å². The fourth-order valence-electron chi connectivity index (χ4n) is 1.48. The molecular formula is C12H14ClNO6. The molecule has 0 fully saturated rings. The highest BCUT2D eigenvalue weighted by atomic mass is 35.5. The zero-order valence-electron chi connectivity index (χ0n) is 11.0. The summed E-state index contributed by atoms with van der Waals surface area (Å²) in [5, 5.41) is 19.7. The predicted molar refractivity (Wildman–Crippen MR) is 71.6 cm³/mol. The lowest BCUT2D eigenvalue weighted by Gasteiger charge is -2.17. The molecule has 0 bridgehead atoms. The summed E-state index contributed by atoms with van der Waals surface area (Å²) in [6.07, 6.45) is -0.438. The van der Waals surface area contributed by atoms with Gasteiger partial charge < -0.3 is 14.6 Å². The minimum atomic E-state index is -1.35. The smallest absolute Gasteiger partial charge is 0.339 e. The van der Waals surface area contributed by atoms with Gasteiger partial charge in [0, 0.05) is 18.7 Å². The molecule has 0 aliphatic rings. The summed E-state index contributed by atoms with van der Waals surface area (Å²) in [6, 6.07) is 1.97. The summed E-state index contributed by atoms with van der Waals surface area (Å²) in [4.78, 5) is 21.1. The van der Waals surface area contributed by atoms with Crippen molar-refractivity contribution in [2.75, 3.05) is 13.2 Å². The molecule has 1 aromatic rings. The number of ether oxygens (including phenoxy) is 2. The number of hydrogen-bond donors (Lipinski definition) is 1. The van der Waals surface area contributed by atoms with Crippen LogP contribution in [0.3, 0.4) is 0 Å². The Balaban J connectivity index is 3.11. The van der Waals surface area contributed by atoms with E-state index in [1.807, 2.05) is 6.92 Å². The monoisotopic (exact) mass is 303 g/mol. The molecule has 1 atom stereocenters. The van der Waals surface area contributed by atoms with E-state index in [-0.39, 0.29) is 22.9 Å². The van der Waals surface area contributed by atoms with E-state index in [1.54, 1.807) is 6.92 Å². The molecule has 1 rings (SSSR count). The average Bonchev–Trinajstić information content (AvgIpc) is 2.37. The van der Waals surface area contributed by atoms with Gasteiger partial charge in [-0.1, -0.05) is 11.6 Å². The highest BCUT2D eigenvalue weighted by molar-refractivity contribution is 6.32. The quantitative estimate of drug-likeness (QED) is 0.614. The lowest BCUT2D eigenvalue weighted by atomic mass is 10.1. The van der Waals surface area contributed by atoms with E-state index in [0.717, 1.165) is 12.1 Å². The Bertz CT molecular complexity index is 519. The Kier molecular flexibility index (Phi) is 5.72. The van der Waals surface area contributed by atoms with E-state index >= 15 is 0 Å². The lowest BCUT2D eigenvalue weighted by Crippen LogP contribution is -2.20. The molecule has 1 aromatic carbocycles. The van der Waals surface area contributed by atoms with Crippen LogP contribution in [0.15, 0.2) is 12.1 Å². The van der Waals surface area contributed by atoms with Gasteiger partial charge in [-0.15, -0.1) is 0 Å². The SMILES string of the molecule is CCOCC(C)Oc1c(Cl)cc([N+](=O)[O-])cc1C(=O)O. The van der Waals surface area contributed by atoms with Crippen molar-refractivity contribution >= 4 is 23.3 Å². The van der Waals surface area contributed by atoms with Crippen LogP contribution < -0.4 is 4.74 Å². The maximum absolute atomic E-state index is 11.2. The minimum absolute atomic E-state index is 0.100. The first kappa shape index (κ1) is 16.2. The maximum Gasteiger partial charge on any atom is 0.339 e. The van der Waals surface area contributed by atoms with Gasteiger partial charge in [0.15, 0.2) is 5.75 Å². The molecule has 0 aliphatic carbocycles. The van der Waals surface area contributed by atoms with Gasteiger partial charge >= 0.3 is 5.97 Å². The van der Waals surface area contributed by atoms with Gasteiger partial charge in [0.1, 0.15) is 11.7 Å². The van der Waals surface area contributed by atoms with Crippen LogP contribution >= 0.6 is 11.6 Å². The van der Waals surface area contributed by atoms with Gasteiger partial charge in [0.25, 0.3) is 5.69 Å². The summed E-state index contributed by atoms with van der Waals surface area (Å²) < 4.78 is 10.6. The first-order chi connectivity index (χ1) is 9.36. The number of nitrogens with zero attached hydrogens (tertiary/aromatic N) is 1. The van der Waals surface area contributed by atoms with Crippen molar-refractivity contribution in [1.29, 1.82) is 0 Å². The lowest BCUT2D eigenvalue weighted by molar-refractivity contribution is -0.384. The van der Waals surface area contributed by atoms with Gasteiger partial charge in [-0.3, -0.25) is 10.1 Å². The number of nitro groups is 1. The molecule has 0 saturated heterocycles. The van der Waals surface area contributed by atoms with Gasteiger partial charge in [-0.05, 0) is 13.8 Å². The van der Waals surface area contributed by atoms with Crippen LogP contribution in [0.1, 0.15) is 24.2 Å². The van der Waals surface area contributed by atoms with Gasteiger partial charge in [0.05, 0.1) is 16.6 Å². The van der Waals surface area contributed by atoms with Crippen molar-refractivity contribution < 1.29 is 24.3 Å². The molecule has 0 heterocycles. The normalized spacial score (nSPS) is 11.9. The summed E-state index contributed by atoms with van der Waals surface area (Å²) in [5.41, 5.74) is -0.759. The number of carbonyl (C=O) groups is 1. The molecule has 0 radical (unpaired) electrons. The van der Waals surface area contributed by atoms with Gasteiger partial charge in [0.2, 0.25) is 0 Å². The van der Waals surface area contributed by atoms with Crippen LogP contribution in [0.5, 0.6) is 5.75 Å². The minimum Gasteiger partial charge on any atom is -0.486 e. The zero-order chi connectivity index (χ0) is 15.3. The van der Waals surface area contributed by atoms with Crippen LogP contribution in [0.25, 0.3) is 0 Å². The van der Waals surface area contributed by atoms with Crippen molar-refractivity contribution in [2.45, 2.75) is 20.0 Å². The molecule has 8 heteroatoms. The number of benzene rings is 1. The Hall–Kier alpha value is -1.86. The van der Waals surface area contributed by atoms with Crippen LogP contribution in [-0.4, -0.2) is 35.3 Å². The maximum atomic E-state index is 11.2. The molecule has 0 aliphatic heterocycles. The van der Waals surface area contributed by atoms with Crippen LogP contribution in [0.2, 0.25) is 5.02 Å². The number of carboxylic acids is 1. The van der Waals surface area contributed by atoms with Gasteiger partial charge in [-0.25, -0.2) is 4.79 Å². The third kappa shape index (κ3) is 4.07. The highest BCUT2D eigenvalue weighted by Crippen LogP contribution is 2.34. The largest absolute Gasteiger partial charge is 0.486 e. The van der Waals surface area contributed by atoms with E-state index in [2.05, 4.69) is 0 Å². The number of halogens is 1. The molecule has 0 aromatic heterocycles. The van der Waals surface area contributed by atoms with E-state index in [9.17, 15) is 14.9 Å². The number of carboxylic acid groups (broad SMARTS) is 1. The summed E-state index contributed by atoms with van der Waals surface area (Å²) in [5.74, 6) is -1.45. The van der Waals surface area contributed by atoms with Crippen molar-refractivity contribution in [2.24, 2.45) is 0 Å². The Morgan fingerprint density at radius 3 is 2.70 bits per heavy atom. The van der Waals surface area contributed by atoms with E-state index in [1.165, 1.54) is 0 Å². The Morgan fingerprint density at radius 2 is 2.20 bits per heavy atom. The topological polar surface area (TPSA) is 98.9 Å². The molecule has 7 nitrogen and oxygen atoms in total. The number of rotatable bonds is 7. The third-order valence-corrected chi connectivity index (χ3v) is 2.63. The second-order valence-corrected chi connectivity index (χ2v) is 4.36. The second kappa shape index (κ2) is 7.06. The first-order valence-corrected chi connectivity index (χ1v) is 6.20. The Labute approximate surface area is 120 Å². The van der Waals surface area contributed by atoms with E-state index < -0.39 is 22.7 Å². The number of aromatic carboxylic acids is 1. The fourth-order valence-corrected chi connectivity index (χ4v) is 1.74. The summed E-state index contributed by atoms with van der Waals surface area (Å²) in [6.45, 7) is 4.24. The molecule has 110 valence electrons. The molecule has 1 N–H and O–H groups in total. The zero-order valence-corrected chi connectivity index (χ0v) is 11.7. The fraction of sp³-hybridized carbons (Fsp3) is 0.417.